The number of para-hydroxylation sites is 1. The van der Waals surface area contributed by atoms with Crippen molar-refractivity contribution in [1.29, 1.82) is 0 Å². The number of aryl methyl sites for hydroxylation is 2. The van der Waals surface area contributed by atoms with Crippen LogP contribution in [0.5, 0.6) is 0 Å². The summed E-state index contributed by atoms with van der Waals surface area (Å²) >= 11 is 0. The topological polar surface area (TPSA) is 102 Å². The Morgan fingerprint density at radius 3 is 2.52 bits per heavy atom. The standard InChI is InChI=1S/C13H14N2O5S/c1-9-7-11(10(2)20-9)8-14-21(18,19)13-6-4-3-5-12(13)15(16)17/h3-7,14H,8H2,1-2H3. The Kier molecular flexibility index (Phi) is 4.10. The minimum atomic E-state index is -3.97. The first-order chi connectivity index (χ1) is 9.81. The second-order valence-corrected chi connectivity index (χ2v) is 6.22. The molecule has 0 aliphatic heterocycles. The maximum absolute atomic E-state index is 12.2. The summed E-state index contributed by atoms with van der Waals surface area (Å²) in [6.45, 7) is 3.49. The van der Waals surface area contributed by atoms with E-state index in [0.717, 1.165) is 6.07 Å². The number of furan rings is 1. The molecule has 0 aliphatic carbocycles. The molecule has 7 nitrogen and oxygen atoms in total. The number of benzene rings is 1. The highest BCUT2D eigenvalue weighted by molar-refractivity contribution is 7.89. The largest absolute Gasteiger partial charge is 0.466 e. The van der Waals surface area contributed by atoms with Gasteiger partial charge in [0.25, 0.3) is 5.69 Å². The fourth-order valence-electron chi connectivity index (χ4n) is 1.94. The Morgan fingerprint density at radius 1 is 1.29 bits per heavy atom. The number of nitro benzene ring substituents is 1. The predicted molar refractivity (Wildman–Crippen MR) is 75.3 cm³/mol. The zero-order chi connectivity index (χ0) is 15.6. The highest BCUT2D eigenvalue weighted by Crippen LogP contribution is 2.23. The van der Waals surface area contributed by atoms with Gasteiger partial charge in [-0.15, -0.1) is 0 Å². The van der Waals surface area contributed by atoms with Gasteiger partial charge in [0.2, 0.25) is 10.0 Å². The van der Waals surface area contributed by atoms with Gasteiger partial charge < -0.3 is 4.42 Å². The molecule has 0 atom stereocenters. The van der Waals surface area contributed by atoms with Crippen LogP contribution in [-0.4, -0.2) is 13.3 Å². The van der Waals surface area contributed by atoms with Crippen molar-refractivity contribution in [3.8, 4) is 0 Å². The van der Waals surface area contributed by atoms with Crippen LogP contribution in [0.3, 0.4) is 0 Å². The Bertz CT molecular complexity index is 780. The molecule has 1 N–H and O–H groups in total. The number of nitrogens with zero attached hydrogens (tertiary/aromatic N) is 1. The molecule has 0 bridgehead atoms. The minimum absolute atomic E-state index is 0.0115. The van der Waals surface area contributed by atoms with Crippen LogP contribution in [-0.2, 0) is 16.6 Å². The van der Waals surface area contributed by atoms with Crippen LogP contribution in [0.15, 0.2) is 39.6 Å². The zero-order valence-electron chi connectivity index (χ0n) is 11.5. The summed E-state index contributed by atoms with van der Waals surface area (Å²) in [6, 6.07) is 6.93. The molecule has 112 valence electrons. The van der Waals surface area contributed by atoms with E-state index < -0.39 is 20.6 Å². The predicted octanol–water partition coefficient (Wildman–Crippen LogP) is 2.28. The smallest absolute Gasteiger partial charge is 0.289 e. The summed E-state index contributed by atoms with van der Waals surface area (Å²) in [5, 5.41) is 10.9. The summed E-state index contributed by atoms with van der Waals surface area (Å²) in [7, 11) is -3.97. The lowest BCUT2D eigenvalue weighted by Crippen LogP contribution is -2.24. The maximum atomic E-state index is 12.2. The third-order valence-corrected chi connectivity index (χ3v) is 4.40. The van der Waals surface area contributed by atoms with Gasteiger partial charge in [-0.1, -0.05) is 12.1 Å². The Balaban J connectivity index is 2.27. The fourth-order valence-corrected chi connectivity index (χ4v) is 3.12. The van der Waals surface area contributed by atoms with Gasteiger partial charge in [0.15, 0.2) is 4.90 Å². The van der Waals surface area contributed by atoms with Crippen LogP contribution >= 0.6 is 0 Å². The van der Waals surface area contributed by atoms with Crippen LogP contribution in [0.25, 0.3) is 0 Å². The van der Waals surface area contributed by atoms with E-state index in [-0.39, 0.29) is 11.4 Å². The van der Waals surface area contributed by atoms with Gasteiger partial charge in [0.1, 0.15) is 11.5 Å². The quantitative estimate of drug-likeness (QED) is 0.674. The van der Waals surface area contributed by atoms with Crippen molar-refractivity contribution in [1.82, 2.24) is 4.72 Å². The SMILES string of the molecule is Cc1cc(CNS(=O)(=O)c2ccccc2[N+](=O)[O-])c(C)o1. The van der Waals surface area contributed by atoms with Crippen LogP contribution in [0.4, 0.5) is 5.69 Å². The van der Waals surface area contributed by atoms with Gasteiger partial charge in [-0.2, -0.15) is 0 Å². The third-order valence-electron chi connectivity index (χ3n) is 2.95. The number of rotatable bonds is 5. The van der Waals surface area contributed by atoms with Crippen molar-refractivity contribution in [2.75, 3.05) is 0 Å². The van der Waals surface area contributed by atoms with Crippen molar-refractivity contribution in [2.45, 2.75) is 25.3 Å². The summed E-state index contributed by atoms with van der Waals surface area (Å²) in [6.07, 6.45) is 0. The van der Waals surface area contributed by atoms with E-state index in [1.807, 2.05) is 0 Å². The van der Waals surface area contributed by atoms with E-state index in [9.17, 15) is 18.5 Å². The molecule has 0 amide bonds. The number of sulfonamides is 1. The van der Waals surface area contributed by atoms with Crippen LogP contribution < -0.4 is 4.72 Å². The van der Waals surface area contributed by atoms with Gasteiger partial charge in [-0.3, -0.25) is 10.1 Å². The Morgan fingerprint density at radius 2 is 1.95 bits per heavy atom. The minimum Gasteiger partial charge on any atom is -0.466 e. The first kappa shape index (κ1) is 15.2. The van der Waals surface area contributed by atoms with Gasteiger partial charge in [-0.25, -0.2) is 13.1 Å². The van der Waals surface area contributed by atoms with Gasteiger partial charge in [-0.05, 0) is 26.0 Å². The van der Waals surface area contributed by atoms with Gasteiger partial charge >= 0.3 is 0 Å². The molecule has 2 rings (SSSR count). The summed E-state index contributed by atoms with van der Waals surface area (Å²) in [5.74, 6) is 1.28. The molecule has 1 aromatic heterocycles. The maximum Gasteiger partial charge on any atom is 0.289 e. The van der Waals surface area contributed by atoms with Crippen LogP contribution in [0.2, 0.25) is 0 Å². The van der Waals surface area contributed by atoms with Crippen molar-refractivity contribution in [2.24, 2.45) is 0 Å². The number of nitrogens with one attached hydrogen (secondary N) is 1. The molecular weight excluding hydrogens is 296 g/mol. The highest BCUT2D eigenvalue weighted by Gasteiger charge is 2.25. The fraction of sp³-hybridized carbons (Fsp3) is 0.231. The van der Waals surface area contributed by atoms with E-state index in [1.165, 1.54) is 18.2 Å². The lowest BCUT2D eigenvalue weighted by atomic mass is 10.2. The van der Waals surface area contributed by atoms with Crippen molar-refractivity contribution in [3.05, 3.63) is 57.5 Å². The van der Waals surface area contributed by atoms with E-state index >= 15 is 0 Å². The van der Waals surface area contributed by atoms with Crippen LogP contribution in [0, 0.1) is 24.0 Å². The number of hydrogen-bond acceptors (Lipinski definition) is 5. The zero-order valence-corrected chi connectivity index (χ0v) is 12.3. The molecule has 0 radical (unpaired) electrons. The van der Waals surface area contributed by atoms with Crippen LogP contribution in [0.1, 0.15) is 17.1 Å². The van der Waals surface area contributed by atoms with Crippen molar-refractivity contribution in [3.63, 3.8) is 0 Å². The van der Waals surface area contributed by atoms with E-state index in [1.54, 1.807) is 19.9 Å². The molecule has 1 heterocycles. The van der Waals surface area contributed by atoms with E-state index in [2.05, 4.69) is 4.72 Å². The lowest BCUT2D eigenvalue weighted by molar-refractivity contribution is -0.387. The molecule has 1 aromatic carbocycles. The first-order valence-electron chi connectivity index (χ1n) is 6.10. The molecule has 0 spiro atoms. The van der Waals surface area contributed by atoms with Crippen molar-refractivity contribution >= 4 is 15.7 Å². The van der Waals surface area contributed by atoms with E-state index in [4.69, 9.17) is 4.42 Å². The third kappa shape index (κ3) is 3.29. The molecule has 0 aliphatic rings. The Labute approximate surface area is 121 Å². The van der Waals surface area contributed by atoms with Gasteiger partial charge in [0, 0.05) is 18.2 Å². The monoisotopic (exact) mass is 310 g/mol. The molecule has 2 aromatic rings. The number of hydrogen-bond donors (Lipinski definition) is 1. The number of nitro groups is 1. The van der Waals surface area contributed by atoms with Crippen molar-refractivity contribution < 1.29 is 17.8 Å². The molecule has 8 heteroatoms. The molecule has 21 heavy (non-hydrogen) atoms. The highest BCUT2D eigenvalue weighted by atomic mass is 32.2. The summed E-state index contributed by atoms with van der Waals surface area (Å²) < 4.78 is 32.1. The van der Waals surface area contributed by atoms with Gasteiger partial charge in [0.05, 0.1) is 4.92 Å². The molecule has 0 saturated heterocycles. The second kappa shape index (κ2) is 5.66. The second-order valence-electron chi connectivity index (χ2n) is 4.49. The Hall–Kier alpha value is -2.19. The normalized spacial score (nSPS) is 11.5. The first-order valence-corrected chi connectivity index (χ1v) is 7.58. The molecular formula is C13H14N2O5S. The molecule has 0 fully saturated rings. The molecule has 0 saturated carbocycles. The van der Waals surface area contributed by atoms with E-state index in [0.29, 0.717) is 17.1 Å². The summed E-state index contributed by atoms with van der Waals surface area (Å²) in [5.41, 5.74) is 0.236. The molecule has 0 unspecified atom stereocenters. The average Bonchev–Trinajstić information content (AvgIpc) is 2.75. The average molecular weight is 310 g/mol. The summed E-state index contributed by atoms with van der Waals surface area (Å²) in [4.78, 5) is 9.82. The lowest BCUT2D eigenvalue weighted by Gasteiger charge is -2.06.